The van der Waals surface area contributed by atoms with Crippen molar-refractivity contribution in [3.63, 3.8) is 0 Å². The van der Waals surface area contributed by atoms with Gasteiger partial charge in [0.15, 0.2) is 5.75 Å². The maximum absolute atomic E-state index is 13.3. The molecule has 1 aromatic heterocycles. The maximum atomic E-state index is 13.3. The van der Waals surface area contributed by atoms with E-state index in [9.17, 15) is 13.2 Å². The standard InChI is InChI=1S/C27H25F3NO/c1-14(2)8-17-10-19-9-15(3)16(4)24-25(19)22(11-17)32-23-13-18-12-20(27(28,29)30)6-7-21(18)31(5)26(23)24/h6-7,9-14H,8H2,1-5H3/q+1. The molecular formula is C27H25F3NO+. The highest BCUT2D eigenvalue weighted by molar-refractivity contribution is 6.05. The second kappa shape index (κ2) is 6.96. The second-order valence-corrected chi connectivity index (χ2v) is 9.27. The first kappa shape index (κ1) is 20.8. The van der Waals surface area contributed by atoms with Gasteiger partial charge in [-0.2, -0.15) is 17.7 Å². The molecule has 2 nitrogen and oxygen atoms in total. The van der Waals surface area contributed by atoms with Crippen LogP contribution >= 0.6 is 0 Å². The van der Waals surface area contributed by atoms with Gasteiger partial charge in [0.2, 0.25) is 5.52 Å². The van der Waals surface area contributed by atoms with E-state index >= 15 is 0 Å². The molecule has 5 rings (SSSR count). The summed E-state index contributed by atoms with van der Waals surface area (Å²) in [5.41, 5.74) is 5.60. The summed E-state index contributed by atoms with van der Waals surface area (Å²) in [4.78, 5) is 0. The van der Waals surface area contributed by atoms with Crippen LogP contribution in [0, 0.1) is 19.8 Å². The average Bonchev–Trinajstić information content (AvgIpc) is 2.69. The predicted molar refractivity (Wildman–Crippen MR) is 121 cm³/mol. The molecule has 32 heavy (non-hydrogen) atoms. The highest BCUT2D eigenvalue weighted by Gasteiger charge is 2.34. The largest absolute Gasteiger partial charge is 0.450 e. The summed E-state index contributed by atoms with van der Waals surface area (Å²) < 4.78 is 48.3. The van der Waals surface area contributed by atoms with Crippen LogP contribution in [0.4, 0.5) is 13.2 Å². The van der Waals surface area contributed by atoms with E-state index in [0.717, 1.165) is 51.3 Å². The lowest BCUT2D eigenvalue weighted by Gasteiger charge is -2.23. The van der Waals surface area contributed by atoms with E-state index in [1.54, 1.807) is 12.1 Å². The lowest BCUT2D eigenvalue weighted by molar-refractivity contribution is -0.633. The third-order valence-electron chi connectivity index (χ3n) is 6.45. The Labute approximate surface area is 185 Å². The molecule has 0 N–H and O–H groups in total. The number of hydrogen-bond acceptors (Lipinski definition) is 1. The molecule has 2 heterocycles. The van der Waals surface area contributed by atoms with Crippen molar-refractivity contribution < 1.29 is 22.5 Å². The van der Waals surface area contributed by atoms with E-state index in [2.05, 4.69) is 45.9 Å². The van der Waals surface area contributed by atoms with Crippen molar-refractivity contribution in [2.24, 2.45) is 13.0 Å². The van der Waals surface area contributed by atoms with Crippen molar-refractivity contribution >= 4 is 21.7 Å². The molecule has 0 saturated heterocycles. The third-order valence-corrected chi connectivity index (χ3v) is 6.45. The highest BCUT2D eigenvalue weighted by Crippen LogP contribution is 2.48. The molecule has 5 heteroatoms. The quantitative estimate of drug-likeness (QED) is 0.262. The van der Waals surface area contributed by atoms with Crippen LogP contribution in [0.15, 0.2) is 42.5 Å². The zero-order chi connectivity index (χ0) is 22.9. The lowest BCUT2D eigenvalue weighted by atomic mass is 9.88. The molecule has 0 fully saturated rings. The van der Waals surface area contributed by atoms with E-state index in [1.165, 1.54) is 17.2 Å². The van der Waals surface area contributed by atoms with Crippen molar-refractivity contribution in [3.05, 3.63) is 64.7 Å². The number of ether oxygens (including phenoxy) is 1. The van der Waals surface area contributed by atoms with Crippen molar-refractivity contribution in [2.75, 3.05) is 0 Å². The Bertz CT molecular complexity index is 1420. The minimum atomic E-state index is -4.39. The van der Waals surface area contributed by atoms with Gasteiger partial charge in [0.05, 0.1) is 16.5 Å². The third kappa shape index (κ3) is 3.14. The number of aromatic nitrogens is 1. The minimum absolute atomic E-state index is 0.504. The fourth-order valence-electron chi connectivity index (χ4n) is 4.90. The van der Waals surface area contributed by atoms with E-state index in [0.29, 0.717) is 17.1 Å². The summed E-state index contributed by atoms with van der Waals surface area (Å²) in [5, 5.41) is 2.70. The Hall–Kier alpha value is -3.08. The predicted octanol–water partition coefficient (Wildman–Crippen LogP) is 7.42. The van der Waals surface area contributed by atoms with Gasteiger partial charge in [-0.25, -0.2) is 0 Å². The number of alkyl halides is 3. The number of nitrogens with zero attached hydrogens (tertiary/aromatic N) is 1. The number of fused-ring (bicyclic) bond motifs is 3. The van der Waals surface area contributed by atoms with Crippen molar-refractivity contribution in [1.29, 1.82) is 0 Å². The molecule has 3 aromatic carbocycles. The highest BCUT2D eigenvalue weighted by atomic mass is 19.4. The number of benzene rings is 3. The van der Waals surface area contributed by atoms with Crippen LogP contribution in [0.1, 0.15) is 36.1 Å². The SMILES string of the molecule is Cc1cc2cc(CC(C)C)cc3c2c(c1C)-c1c(cc2cc(C(F)(F)F)ccc2[n+]1C)O3. The number of aryl methyl sites for hydroxylation is 2. The molecular weight excluding hydrogens is 411 g/mol. The Morgan fingerprint density at radius 3 is 2.38 bits per heavy atom. The number of rotatable bonds is 2. The summed E-state index contributed by atoms with van der Waals surface area (Å²) in [6, 6.07) is 12.1. The number of halogens is 3. The summed E-state index contributed by atoms with van der Waals surface area (Å²) >= 11 is 0. The summed E-state index contributed by atoms with van der Waals surface area (Å²) in [5.74, 6) is 1.86. The molecule has 0 unspecified atom stereocenters. The molecule has 1 aliphatic heterocycles. The molecule has 0 aliphatic carbocycles. The van der Waals surface area contributed by atoms with Gasteiger partial charge in [0, 0.05) is 17.5 Å². The molecule has 0 bridgehead atoms. The van der Waals surface area contributed by atoms with Crippen LogP contribution < -0.4 is 9.30 Å². The van der Waals surface area contributed by atoms with Crippen LogP contribution in [0.5, 0.6) is 11.5 Å². The van der Waals surface area contributed by atoms with Crippen molar-refractivity contribution in [3.8, 4) is 22.8 Å². The Morgan fingerprint density at radius 2 is 1.69 bits per heavy atom. The molecule has 1 aliphatic rings. The normalized spacial score (nSPS) is 13.0. The van der Waals surface area contributed by atoms with Crippen LogP contribution in [0.3, 0.4) is 0 Å². The molecule has 0 amide bonds. The monoisotopic (exact) mass is 436 g/mol. The van der Waals surface area contributed by atoms with E-state index < -0.39 is 11.7 Å². The fraction of sp³-hybridized carbons (Fsp3) is 0.296. The average molecular weight is 436 g/mol. The summed E-state index contributed by atoms with van der Waals surface area (Å²) in [6.45, 7) is 8.57. The van der Waals surface area contributed by atoms with E-state index in [4.69, 9.17) is 4.74 Å². The minimum Gasteiger partial charge on any atom is -0.450 e. The Balaban J connectivity index is 1.84. The molecule has 0 spiro atoms. The lowest BCUT2D eigenvalue weighted by Crippen LogP contribution is -2.33. The Kier molecular flexibility index (Phi) is 4.52. The van der Waals surface area contributed by atoms with Gasteiger partial charge in [-0.15, -0.1) is 0 Å². The van der Waals surface area contributed by atoms with Gasteiger partial charge < -0.3 is 4.74 Å². The summed E-state index contributed by atoms with van der Waals surface area (Å²) in [6.07, 6.45) is -3.46. The molecule has 0 saturated carbocycles. The molecule has 164 valence electrons. The zero-order valence-corrected chi connectivity index (χ0v) is 18.8. The van der Waals surface area contributed by atoms with E-state index in [-0.39, 0.29) is 0 Å². The van der Waals surface area contributed by atoms with Crippen LogP contribution in [0.2, 0.25) is 0 Å². The van der Waals surface area contributed by atoms with Crippen molar-refractivity contribution in [2.45, 2.75) is 40.3 Å². The fourth-order valence-corrected chi connectivity index (χ4v) is 4.90. The van der Waals surface area contributed by atoms with Gasteiger partial charge in [-0.3, -0.25) is 0 Å². The summed E-state index contributed by atoms with van der Waals surface area (Å²) in [7, 11) is 1.89. The Morgan fingerprint density at radius 1 is 0.938 bits per heavy atom. The van der Waals surface area contributed by atoms with Gasteiger partial charge >= 0.3 is 6.18 Å². The zero-order valence-electron chi connectivity index (χ0n) is 18.8. The second-order valence-electron chi connectivity index (χ2n) is 9.27. The van der Waals surface area contributed by atoms with Gasteiger partial charge in [-0.05, 0) is 66.5 Å². The maximum Gasteiger partial charge on any atom is 0.416 e. The van der Waals surface area contributed by atoms with Crippen LogP contribution in [0.25, 0.3) is 32.9 Å². The first-order valence-electron chi connectivity index (χ1n) is 10.8. The van der Waals surface area contributed by atoms with Crippen LogP contribution in [-0.4, -0.2) is 0 Å². The smallest absolute Gasteiger partial charge is 0.416 e. The number of pyridine rings is 1. The van der Waals surface area contributed by atoms with Crippen LogP contribution in [-0.2, 0) is 19.6 Å². The first-order chi connectivity index (χ1) is 15.0. The molecule has 0 radical (unpaired) electrons. The molecule has 0 atom stereocenters. The number of hydrogen-bond donors (Lipinski definition) is 0. The van der Waals surface area contributed by atoms with Crippen molar-refractivity contribution in [1.82, 2.24) is 0 Å². The van der Waals surface area contributed by atoms with E-state index in [1.807, 2.05) is 11.6 Å². The topological polar surface area (TPSA) is 13.1 Å². The van der Waals surface area contributed by atoms with Gasteiger partial charge in [0.25, 0.3) is 5.69 Å². The van der Waals surface area contributed by atoms with Gasteiger partial charge in [-0.1, -0.05) is 26.0 Å². The first-order valence-corrected chi connectivity index (χ1v) is 10.8. The molecule has 4 aromatic rings. The van der Waals surface area contributed by atoms with Gasteiger partial charge in [0.1, 0.15) is 12.8 Å².